The van der Waals surface area contributed by atoms with Crippen LogP contribution in [0.5, 0.6) is 0 Å². The Hall–Kier alpha value is -0.940. The summed E-state index contributed by atoms with van der Waals surface area (Å²) in [5.74, 6) is 0.701. The largest absolute Gasteiger partial charge is 0.381 e. The molecule has 0 aromatic carbocycles. The van der Waals surface area contributed by atoms with Gasteiger partial charge in [-0.3, -0.25) is 4.68 Å². The zero-order valence-electron chi connectivity index (χ0n) is 11.4. The van der Waals surface area contributed by atoms with Crippen molar-refractivity contribution in [3.05, 3.63) is 11.9 Å². The lowest BCUT2D eigenvalue weighted by Gasteiger charge is -2.30. The number of aromatic nitrogens is 3. The molecular weight excluding hydrogens is 228 g/mol. The number of ether oxygens (including phenoxy) is 1. The molecule has 5 heteroatoms. The molecule has 0 saturated carbocycles. The Bertz CT molecular complexity index is 347. The Labute approximate surface area is 109 Å². The van der Waals surface area contributed by atoms with Crippen LogP contribution >= 0.6 is 0 Å². The molecule has 102 valence electrons. The molecule has 1 aromatic heterocycles. The second kappa shape index (κ2) is 6.85. The maximum atomic E-state index is 5.45. The zero-order valence-corrected chi connectivity index (χ0v) is 11.4. The predicted molar refractivity (Wildman–Crippen MR) is 70.3 cm³/mol. The smallest absolute Gasteiger partial charge is 0.0842 e. The molecule has 0 radical (unpaired) electrons. The number of nitrogens with one attached hydrogen (secondary N) is 1. The predicted octanol–water partition coefficient (Wildman–Crippen LogP) is 1.15. The first-order chi connectivity index (χ1) is 8.79. The first-order valence-corrected chi connectivity index (χ1v) is 6.96. The molecule has 1 aromatic rings. The molecule has 5 nitrogen and oxygen atoms in total. The fraction of sp³-hybridized carbons (Fsp3) is 0.846. The zero-order chi connectivity index (χ0) is 12.8. The number of hydrogen-bond acceptors (Lipinski definition) is 4. The second-order valence-corrected chi connectivity index (χ2v) is 5.10. The van der Waals surface area contributed by atoms with Crippen molar-refractivity contribution < 1.29 is 4.74 Å². The van der Waals surface area contributed by atoms with E-state index in [9.17, 15) is 0 Å². The number of aryl methyl sites for hydroxylation is 1. The molecule has 0 aliphatic carbocycles. The van der Waals surface area contributed by atoms with Crippen molar-refractivity contribution in [1.29, 1.82) is 0 Å². The standard InChI is InChI=1S/C13H24N4O/c1-3-6-14-13(11-4-7-18-8-5-11)9-12-10-17(2)16-15-12/h10-11,13-14H,3-9H2,1-2H3. The third-order valence-corrected chi connectivity index (χ3v) is 3.57. The summed E-state index contributed by atoms with van der Waals surface area (Å²) in [4.78, 5) is 0. The molecule has 1 saturated heterocycles. The maximum Gasteiger partial charge on any atom is 0.0842 e. The van der Waals surface area contributed by atoms with Crippen LogP contribution < -0.4 is 5.32 Å². The van der Waals surface area contributed by atoms with E-state index in [0.717, 1.165) is 44.7 Å². The SMILES string of the molecule is CCCNC(Cc1cn(C)nn1)C1CCOCC1. The Morgan fingerprint density at radius 1 is 1.50 bits per heavy atom. The molecule has 2 rings (SSSR count). The van der Waals surface area contributed by atoms with Crippen molar-refractivity contribution in [2.45, 2.75) is 38.6 Å². The molecule has 0 amide bonds. The molecule has 18 heavy (non-hydrogen) atoms. The van der Waals surface area contributed by atoms with Crippen molar-refractivity contribution in [1.82, 2.24) is 20.3 Å². The Morgan fingerprint density at radius 3 is 2.89 bits per heavy atom. The topological polar surface area (TPSA) is 52.0 Å². The molecule has 0 bridgehead atoms. The highest BCUT2D eigenvalue weighted by molar-refractivity contribution is 4.97. The summed E-state index contributed by atoms with van der Waals surface area (Å²) >= 11 is 0. The molecule has 1 fully saturated rings. The van der Waals surface area contributed by atoms with Gasteiger partial charge in [-0.05, 0) is 31.7 Å². The lowest BCUT2D eigenvalue weighted by atomic mass is 9.89. The maximum absolute atomic E-state index is 5.45. The Kier molecular flexibility index (Phi) is 5.13. The summed E-state index contributed by atoms with van der Waals surface area (Å²) in [7, 11) is 1.92. The minimum absolute atomic E-state index is 0.505. The highest BCUT2D eigenvalue weighted by Gasteiger charge is 2.24. The van der Waals surface area contributed by atoms with Crippen molar-refractivity contribution in [2.75, 3.05) is 19.8 Å². The van der Waals surface area contributed by atoms with Gasteiger partial charge in [0.15, 0.2) is 0 Å². The van der Waals surface area contributed by atoms with Crippen LogP contribution in [0.15, 0.2) is 6.20 Å². The van der Waals surface area contributed by atoms with Gasteiger partial charge in [0.1, 0.15) is 0 Å². The second-order valence-electron chi connectivity index (χ2n) is 5.10. The van der Waals surface area contributed by atoms with Crippen LogP contribution in [-0.4, -0.2) is 40.8 Å². The lowest BCUT2D eigenvalue weighted by Crippen LogP contribution is -2.41. The third kappa shape index (κ3) is 3.78. The lowest BCUT2D eigenvalue weighted by molar-refractivity contribution is 0.0536. The van der Waals surface area contributed by atoms with E-state index >= 15 is 0 Å². The van der Waals surface area contributed by atoms with Gasteiger partial charge in [-0.15, -0.1) is 5.10 Å². The van der Waals surface area contributed by atoms with E-state index in [4.69, 9.17) is 4.74 Å². The monoisotopic (exact) mass is 252 g/mol. The highest BCUT2D eigenvalue weighted by atomic mass is 16.5. The highest BCUT2D eigenvalue weighted by Crippen LogP contribution is 2.21. The van der Waals surface area contributed by atoms with E-state index in [1.54, 1.807) is 4.68 Å². The average Bonchev–Trinajstić information content (AvgIpc) is 2.81. The molecule has 1 unspecified atom stereocenters. The van der Waals surface area contributed by atoms with Crippen LogP contribution in [0.25, 0.3) is 0 Å². The van der Waals surface area contributed by atoms with E-state index in [1.165, 1.54) is 6.42 Å². The summed E-state index contributed by atoms with van der Waals surface area (Å²) in [6.45, 7) is 5.07. The van der Waals surface area contributed by atoms with Gasteiger partial charge in [0.25, 0.3) is 0 Å². The van der Waals surface area contributed by atoms with Crippen molar-refractivity contribution in [2.24, 2.45) is 13.0 Å². The van der Waals surface area contributed by atoms with Gasteiger partial charge in [0.2, 0.25) is 0 Å². The molecule has 2 heterocycles. The fourth-order valence-corrected chi connectivity index (χ4v) is 2.57. The van der Waals surface area contributed by atoms with Gasteiger partial charge in [-0.1, -0.05) is 12.1 Å². The normalized spacial score (nSPS) is 19.0. The van der Waals surface area contributed by atoms with Gasteiger partial charge in [0, 0.05) is 38.9 Å². The van der Waals surface area contributed by atoms with E-state index in [1.807, 2.05) is 13.2 Å². The van der Waals surface area contributed by atoms with Crippen molar-refractivity contribution in [3.63, 3.8) is 0 Å². The minimum atomic E-state index is 0.505. The molecule has 1 aliphatic rings. The van der Waals surface area contributed by atoms with Gasteiger partial charge in [-0.2, -0.15) is 0 Å². The molecular formula is C13H24N4O. The van der Waals surface area contributed by atoms with Gasteiger partial charge in [-0.25, -0.2) is 0 Å². The van der Waals surface area contributed by atoms with Crippen LogP contribution in [-0.2, 0) is 18.2 Å². The molecule has 1 N–H and O–H groups in total. The van der Waals surface area contributed by atoms with Gasteiger partial charge >= 0.3 is 0 Å². The van der Waals surface area contributed by atoms with Crippen LogP contribution in [0, 0.1) is 5.92 Å². The molecule has 0 spiro atoms. The quantitative estimate of drug-likeness (QED) is 0.825. The average molecular weight is 252 g/mol. The van der Waals surface area contributed by atoms with Crippen LogP contribution in [0.3, 0.4) is 0 Å². The number of nitrogens with zero attached hydrogens (tertiary/aromatic N) is 3. The van der Waals surface area contributed by atoms with E-state index in [-0.39, 0.29) is 0 Å². The molecule has 1 aliphatic heterocycles. The fourth-order valence-electron chi connectivity index (χ4n) is 2.57. The van der Waals surface area contributed by atoms with Crippen LogP contribution in [0.1, 0.15) is 31.9 Å². The third-order valence-electron chi connectivity index (χ3n) is 3.57. The van der Waals surface area contributed by atoms with Crippen molar-refractivity contribution >= 4 is 0 Å². The summed E-state index contributed by atoms with van der Waals surface area (Å²) in [5, 5.41) is 11.9. The number of rotatable bonds is 6. The van der Waals surface area contributed by atoms with E-state index in [0.29, 0.717) is 12.0 Å². The first-order valence-electron chi connectivity index (χ1n) is 6.96. The van der Waals surface area contributed by atoms with Crippen molar-refractivity contribution in [3.8, 4) is 0 Å². The minimum Gasteiger partial charge on any atom is -0.381 e. The Balaban J connectivity index is 1.94. The summed E-state index contributed by atoms with van der Waals surface area (Å²) in [6, 6.07) is 0.505. The van der Waals surface area contributed by atoms with Gasteiger partial charge in [0.05, 0.1) is 5.69 Å². The summed E-state index contributed by atoms with van der Waals surface area (Å²) < 4.78 is 7.22. The first kappa shape index (κ1) is 13.5. The van der Waals surface area contributed by atoms with Crippen LogP contribution in [0.2, 0.25) is 0 Å². The van der Waals surface area contributed by atoms with E-state index < -0.39 is 0 Å². The summed E-state index contributed by atoms with van der Waals surface area (Å²) in [6.07, 6.45) is 6.46. The molecule has 1 atom stereocenters. The number of hydrogen-bond donors (Lipinski definition) is 1. The van der Waals surface area contributed by atoms with Gasteiger partial charge < -0.3 is 10.1 Å². The Morgan fingerprint density at radius 2 is 2.28 bits per heavy atom. The van der Waals surface area contributed by atoms with E-state index in [2.05, 4.69) is 22.6 Å². The van der Waals surface area contributed by atoms with Crippen LogP contribution in [0.4, 0.5) is 0 Å². The summed E-state index contributed by atoms with van der Waals surface area (Å²) in [5.41, 5.74) is 1.08.